The second-order valence-electron chi connectivity index (χ2n) is 3.90. The molecule has 1 saturated heterocycles. The van der Waals surface area contributed by atoms with Gasteiger partial charge in [-0.3, -0.25) is 10.1 Å². The van der Waals surface area contributed by atoms with Gasteiger partial charge >= 0.3 is 5.97 Å². The Balaban J connectivity index is 2.23. The molecule has 1 aliphatic rings. The lowest BCUT2D eigenvalue weighted by Gasteiger charge is -2.34. The van der Waals surface area contributed by atoms with E-state index in [0.29, 0.717) is 18.8 Å². The molecular formula is C11H12N2O5. The van der Waals surface area contributed by atoms with E-state index in [2.05, 4.69) is 0 Å². The molecule has 0 amide bonds. The van der Waals surface area contributed by atoms with Crippen LogP contribution in [0.4, 0.5) is 11.4 Å². The van der Waals surface area contributed by atoms with Crippen LogP contribution in [0.2, 0.25) is 0 Å². The van der Waals surface area contributed by atoms with Crippen LogP contribution in [0.1, 0.15) is 0 Å². The van der Waals surface area contributed by atoms with Gasteiger partial charge in [0.05, 0.1) is 18.1 Å². The molecule has 0 spiro atoms. The van der Waals surface area contributed by atoms with Gasteiger partial charge in [0, 0.05) is 24.4 Å². The Morgan fingerprint density at radius 2 is 2.11 bits per heavy atom. The van der Waals surface area contributed by atoms with Gasteiger partial charge in [0.15, 0.2) is 6.04 Å². The Kier molecular flexibility index (Phi) is 3.42. The molecule has 1 aliphatic heterocycles. The number of carboxylic acid groups (broad SMARTS) is 1. The summed E-state index contributed by atoms with van der Waals surface area (Å²) < 4.78 is 5.13. The standard InChI is InChI=1S/C11H12N2O5/c14-11(15)10-7-18-6-5-12(10)8-1-3-9(4-2-8)13(16)17/h1-4,10H,5-7H2,(H,14,15). The first-order valence-corrected chi connectivity index (χ1v) is 5.41. The van der Waals surface area contributed by atoms with E-state index < -0.39 is 16.9 Å². The lowest BCUT2D eigenvalue weighted by Crippen LogP contribution is -2.50. The molecule has 1 heterocycles. The van der Waals surface area contributed by atoms with Crippen LogP contribution >= 0.6 is 0 Å². The monoisotopic (exact) mass is 252 g/mol. The molecule has 0 radical (unpaired) electrons. The van der Waals surface area contributed by atoms with E-state index >= 15 is 0 Å². The molecule has 1 fully saturated rings. The molecule has 0 aliphatic carbocycles. The molecule has 0 aromatic heterocycles. The minimum Gasteiger partial charge on any atom is -0.480 e. The van der Waals surface area contributed by atoms with Gasteiger partial charge in [0.25, 0.3) is 5.69 Å². The maximum Gasteiger partial charge on any atom is 0.328 e. The van der Waals surface area contributed by atoms with Gasteiger partial charge in [-0.15, -0.1) is 0 Å². The van der Waals surface area contributed by atoms with Crippen molar-refractivity contribution in [3.63, 3.8) is 0 Å². The summed E-state index contributed by atoms with van der Waals surface area (Å²) in [7, 11) is 0. The third-order valence-electron chi connectivity index (χ3n) is 2.81. The smallest absolute Gasteiger partial charge is 0.328 e. The average molecular weight is 252 g/mol. The fourth-order valence-electron chi connectivity index (χ4n) is 1.88. The maximum atomic E-state index is 11.1. The van der Waals surface area contributed by atoms with Crippen LogP contribution in [0.15, 0.2) is 24.3 Å². The topological polar surface area (TPSA) is 92.9 Å². The Labute approximate surface area is 103 Å². The zero-order valence-corrected chi connectivity index (χ0v) is 9.48. The fraction of sp³-hybridized carbons (Fsp3) is 0.364. The van der Waals surface area contributed by atoms with E-state index in [1.165, 1.54) is 12.1 Å². The predicted molar refractivity (Wildman–Crippen MR) is 62.7 cm³/mol. The summed E-state index contributed by atoms with van der Waals surface area (Å²) in [6.45, 7) is 1.02. The number of hydrogen-bond acceptors (Lipinski definition) is 5. The van der Waals surface area contributed by atoms with Gasteiger partial charge < -0.3 is 14.7 Å². The highest BCUT2D eigenvalue weighted by atomic mass is 16.6. The lowest BCUT2D eigenvalue weighted by molar-refractivity contribution is -0.384. The quantitative estimate of drug-likeness (QED) is 0.634. The fourth-order valence-corrected chi connectivity index (χ4v) is 1.88. The Bertz CT molecular complexity index is 459. The van der Waals surface area contributed by atoms with Crippen LogP contribution in [-0.2, 0) is 9.53 Å². The molecule has 2 rings (SSSR count). The molecule has 1 aromatic rings. The Morgan fingerprint density at radius 1 is 1.44 bits per heavy atom. The summed E-state index contributed by atoms with van der Waals surface area (Å²) in [5.41, 5.74) is 0.634. The summed E-state index contributed by atoms with van der Waals surface area (Å²) in [6.07, 6.45) is 0. The summed E-state index contributed by atoms with van der Waals surface area (Å²) in [4.78, 5) is 22.8. The second-order valence-corrected chi connectivity index (χ2v) is 3.90. The van der Waals surface area contributed by atoms with Gasteiger partial charge in [-0.2, -0.15) is 0 Å². The minimum absolute atomic E-state index is 0.0149. The number of nitro groups is 1. The van der Waals surface area contributed by atoms with Crippen LogP contribution in [0.3, 0.4) is 0 Å². The van der Waals surface area contributed by atoms with Crippen molar-refractivity contribution in [2.75, 3.05) is 24.7 Å². The van der Waals surface area contributed by atoms with Crippen molar-refractivity contribution in [2.45, 2.75) is 6.04 Å². The van der Waals surface area contributed by atoms with Crippen molar-refractivity contribution in [1.29, 1.82) is 0 Å². The van der Waals surface area contributed by atoms with Gasteiger partial charge in [-0.05, 0) is 12.1 Å². The van der Waals surface area contributed by atoms with Crippen LogP contribution in [0, 0.1) is 10.1 Å². The van der Waals surface area contributed by atoms with E-state index in [4.69, 9.17) is 9.84 Å². The van der Waals surface area contributed by atoms with E-state index in [0.717, 1.165) is 0 Å². The van der Waals surface area contributed by atoms with Crippen molar-refractivity contribution in [3.05, 3.63) is 34.4 Å². The van der Waals surface area contributed by atoms with Gasteiger partial charge in [-0.25, -0.2) is 4.79 Å². The van der Waals surface area contributed by atoms with Crippen LogP contribution < -0.4 is 4.90 Å². The molecule has 7 nitrogen and oxygen atoms in total. The Morgan fingerprint density at radius 3 is 2.67 bits per heavy atom. The second kappa shape index (κ2) is 5.01. The number of anilines is 1. The van der Waals surface area contributed by atoms with Gasteiger partial charge in [0.2, 0.25) is 0 Å². The first kappa shape index (κ1) is 12.3. The molecule has 0 saturated carbocycles. The summed E-state index contributed by atoms with van der Waals surface area (Å²) in [5.74, 6) is -0.965. The number of ether oxygens (including phenoxy) is 1. The number of nitrogens with zero attached hydrogens (tertiary/aromatic N) is 2. The summed E-state index contributed by atoms with van der Waals surface area (Å²) in [6, 6.07) is 5.09. The number of morpholine rings is 1. The predicted octanol–water partition coefficient (Wildman–Crippen LogP) is 0.885. The normalized spacial score (nSPS) is 19.6. The zero-order valence-electron chi connectivity index (χ0n) is 9.48. The maximum absolute atomic E-state index is 11.1. The van der Waals surface area contributed by atoms with Crippen molar-refractivity contribution >= 4 is 17.3 Å². The third-order valence-corrected chi connectivity index (χ3v) is 2.81. The molecule has 0 bridgehead atoms. The van der Waals surface area contributed by atoms with Crippen LogP contribution in [0.5, 0.6) is 0 Å². The number of aliphatic carboxylic acids is 1. The van der Waals surface area contributed by atoms with Gasteiger partial charge in [0.1, 0.15) is 0 Å². The lowest BCUT2D eigenvalue weighted by atomic mass is 10.2. The highest BCUT2D eigenvalue weighted by Gasteiger charge is 2.29. The number of hydrogen-bond donors (Lipinski definition) is 1. The summed E-state index contributed by atoms with van der Waals surface area (Å²) in [5, 5.41) is 19.6. The Hall–Kier alpha value is -2.15. The van der Waals surface area contributed by atoms with Crippen LogP contribution in [0.25, 0.3) is 0 Å². The molecule has 1 N–H and O–H groups in total. The third kappa shape index (κ3) is 2.40. The number of benzene rings is 1. The number of rotatable bonds is 3. The van der Waals surface area contributed by atoms with Gasteiger partial charge in [-0.1, -0.05) is 0 Å². The van der Waals surface area contributed by atoms with E-state index in [9.17, 15) is 14.9 Å². The number of nitro benzene ring substituents is 1. The first-order chi connectivity index (χ1) is 8.59. The van der Waals surface area contributed by atoms with E-state index in [-0.39, 0.29) is 12.3 Å². The van der Waals surface area contributed by atoms with E-state index in [1.54, 1.807) is 17.0 Å². The number of non-ortho nitro benzene ring substituents is 1. The number of carboxylic acids is 1. The van der Waals surface area contributed by atoms with Crippen molar-refractivity contribution in [2.24, 2.45) is 0 Å². The zero-order chi connectivity index (χ0) is 13.1. The largest absolute Gasteiger partial charge is 0.480 e. The van der Waals surface area contributed by atoms with E-state index in [1.807, 2.05) is 0 Å². The van der Waals surface area contributed by atoms with Crippen LogP contribution in [-0.4, -0.2) is 41.8 Å². The minimum atomic E-state index is -0.965. The molecule has 18 heavy (non-hydrogen) atoms. The number of carbonyl (C=O) groups is 1. The van der Waals surface area contributed by atoms with Crippen molar-refractivity contribution in [1.82, 2.24) is 0 Å². The molecule has 7 heteroatoms. The van der Waals surface area contributed by atoms with Crippen molar-refractivity contribution in [3.8, 4) is 0 Å². The highest BCUT2D eigenvalue weighted by molar-refractivity contribution is 5.78. The molecular weight excluding hydrogens is 240 g/mol. The molecule has 1 aromatic carbocycles. The average Bonchev–Trinajstić information content (AvgIpc) is 2.39. The molecule has 1 atom stereocenters. The summed E-state index contributed by atoms with van der Waals surface area (Å²) >= 11 is 0. The molecule has 96 valence electrons. The highest BCUT2D eigenvalue weighted by Crippen LogP contribution is 2.22. The molecule has 1 unspecified atom stereocenters. The first-order valence-electron chi connectivity index (χ1n) is 5.41. The SMILES string of the molecule is O=C(O)C1COCCN1c1ccc([N+](=O)[O-])cc1. The van der Waals surface area contributed by atoms with Crippen molar-refractivity contribution < 1.29 is 19.6 Å².